The van der Waals surface area contributed by atoms with Gasteiger partial charge in [0.2, 0.25) is 5.95 Å². The van der Waals surface area contributed by atoms with Gasteiger partial charge in [-0.05, 0) is 41.5 Å². The van der Waals surface area contributed by atoms with Gasteiger partial charge in [0, 0.05) is 54.6 Å². The largest absolute Gasteiger partial charge is 0.455 e. The molecule has 12 rings (SSSR count). The molecule has 0 N–H and O–H groups in total. The van der Waals surface area contributed by atoms with Crippen LogP contribution in [0.4, 0.5) is 0 Å². The van der Waals surface area contributed by atoms with Crippen molar-refractivity contribution in [3.63, 3.8) is 0 Å². The highest BCUT2D eigenvalue weighted by molar-refractivity contribution is 6.13. The molecule has 0 aliphatic rings. The molecule has 0 fully saturated rings. The molecule has 12 aromatic rings. The monoisotopic (exact) mass is 730 g/mol. The summed E-state index contributed by atoms with van der Waals surface area (Å²) in [5.74, 6) is 1.79. The summed E-state index contributed by atoms with van der Waals surface area (Å²) in [5.41, 5.74) is 11.5. The Bertz CT molecular complexity index is 3470. The quantitative estimate of drug-likeness (QED) is 0.176. The minimum atomic E-state index is 0.573. The van der Waals surface area contributed by atoms with Gasteiger partial charge in [0.15, 0.2) is 11.6 Å². The molecule has 6 heteroatoms. The minimum absolute atomic E-state index is 0.573. The zero-order valence-corrected chi connectivity index (χ0v) is 30.4. The van der Waals surface area contributed by atoms with Crippen LogP contribution in [-0.4, -0.2) is 19.5 Å². The molecular weight excluding hydrogens is 701 g/mol. The van der Waals surface area contributed by atoms with Gasteiger partial charge in [-0.25, -0.2) is 4.98 Å². The van der Waals surface area contributed by atoms with E-state index in [1.165, 1.54) is 0 Å². The van der Waals surface area contributed by atoms with Crippen LogP contribution in [0.3, 0.4) is 0 Å². The van der Waals surface area contributed by atoms with Crippen LogP contribution in [0, 0.1) is 0 Å². The van der Waals surface area contributed by atoms with E-state index in [2.05, 4.69) is 138 Å². The third-order valence-corrected chi connectivity index (χ3v) is 11.1. The topological polar surface area (TPSA) is 69.9 Å². The second-order valence-corrected chi connectivity index (χ2v) is 14.4. The lowest BCUT2D eigenvalue weighted by atomic mass is 9.99. The SMILES string of the molecule is c1ccc(-c2nc(-c3ccc(-c4cccc5c4oc4cc(-c6cccc7c6oc6ccccc67)ccc45)cc3)nc(-n3c4ccccc4c4ccccc43)n2)cc1. The fourth-order valence-corrected chi connectivity index (χ4v) is 8.41. The van der Waals surface area contributed by atoms with Crippen LogP contribution in [0.2, 0.25) is 0 Å². The maximum Gasteiger partial charge on any atom is 0.238 e. The van der Waals surface area contributed by atoms with Gasteiger partial charge < -0.3 is 8.83 Å². The lowest BCUT2D eigenvalue weighted by Gasteiger charge is -2.11. The van der Waals surface area contributed by atoms with Crippen molar-refractivity contribution in [2.45, 2.75) is 0 Å². The van der Waals surface area contributed by atoms with Gasteiger partial charge in [-0.2, -0.15) is 9.97 Å². The van der Waals surface area contributed by atoms with Crippen molar-refractivity contribution in [3.05, 3.63) is 182 Å². The zero-order valence-electron chi connectivity index (χ0n) is 30.4. The van der Waals surface area contributed by atoms with Crippen LogP contribution in [0.25, 0.3) is 117 Å². The van der Waals surface area contributed by atoms with Gasteiger partial charge in [0.25, 0.3) is 0 Å². The zero-order chi connectivity index (χ0) is 37.5. The fourth-order valence-electron chi connectivity index (χ4n) is 8.41. The lowest BCUT2D eigenvalue weighted by Crippen LogP contribution is -2.06. The molecule has 0 saturated carbocycles. The molecule has 0 aliphatic heterocycles. The first-order valence-electron chi connectivity index (χ1n) is 19.0. The van der Waals surface area contributed by atoms with Gasteiger partial charge in [-0.3, -0.25) is 4.57 Å². The molecule has 0 radical (unpaired) electrons. The number of rotatable bonds is 5. The van der Waals surface area contributed by atoms with Crippen LogP contribution in [0.1, 0.15) is 0 Å². The van der Waals surface area contributed by atoms with Crippen molar-refractivity contribution < 1.29 is 8.83 Å². The summed E-state index contributed by atoms with van der Waals surface area (Å²) < 4.78 is 15.2. The first-order chi connectivity index (χ1) is 28.2. The summed E-state index contributed by atoms with van der Waals surface area (Å²) in [7, 11) is 0. The number of hydrogen-bond acceptors (Lipinski definition) is 5. The molecule has 0 aliphatic carbocycles. The number of hydrogen-bond donors (Lipinski definition) is 0. The Morgan fingerprint density at radius 1 is 0.333 bits per heavy atom. The van der Waals surface area contributed by atoms with E-state index in [1.807, 2.05) is 48.5 Å². The predicted octanol–water partition coefficient (Wildman–Crippen LogP) is 13.4. The maximum absolute atomic E-state index is 6.71. The average Bonchev–Trinajstić information content (AvgIpc) is 3.96. The molecule has 0 saturated heterocycles. The second kappa shape index (κ2) is 12.3. The van der Waals surface area contributed by atoms with E-state index >= 15 is 0 Å². The molecule has 4 aromatic heterocycles. The minimum Gasteiger partial charge on any atom is -0.455 e. The molecule has 8 aromatic carbocycles. The molecule has 4 heterocycles. The highest BCUT2D eigenvalue weighted by atomic mass is 16.3. The fraction of sp³-hybridized carbons (Fsp3) is 0. The highest BCUT2D eigenvalue weighted by Crippen LogP contribution is 2.41. The van der Waals surface area contributed by atoms with E-state index < -0.39 is 0 Å². The third kappa shape index (κ3) is 4.94. The van der Waals surface area contributed by atoms with Crippen LogP contribution >= 0.6 is 0 Å². The normalized spacial score (nSPS) is 11.9. The van der Waals surface area contributed by atoms with Crippen molar-refractivity contribution in [1.82, 2.24) is 19.5 Å². The van der Waals surface area contributed by atoms with E-state index in [0.29, 0.717) is 17.6 Å². The first kappa shape index (κ1) is 31.5. The second-order valence-electron chi connectivity index (χ2n) is 14.4. The number of nitrogens with zero attached hydrogens (tertiary/aromatic N) is 4. The summed E-state index contributed by atoms with van der Waals surface area (Å²) in [4.78, 5) is 15.2. The molecule has 0 unspecified atom stereocenters. The van der Waals surface area contributed by atoms with E-state index in [-0.39, 0.29) is 0 Å². The molecule has 0 atom stereocenters. The lowest BCUT2D eigenvalue weighted by molar-refractivity contribution is 0.669. The summed E-state index contributed by atoms with van der Waals surface area (Å²) in [6.07, 6.45) is 0. The van der Waals surface area contributed by atoms with Gasteiger partial charge in [-0.15, -0.1) is 0 Å². The van der Waals surface area contributed by atoms with E-state index in [1.54, 1.807) is 0 Å². The van der Waals surface area contributed by atoms with Gasteiger partial charge in [0.05, 0.1) is 11.0 Å². The molecule has 57 heavy (non-hydrogen) atoms. The Morgan fingerprint density at radius 2 is 0.825 bits per heavy atom. The summed E-state index contributed by atoms with van der Waals surface area (Å²) >= 11 is 0. The van der Waals surface area contributed by atoms with Crippen molar-refractivity contribution in [1.29, 1.82) is 0 Å². The number of furan rings is 2. The van der Waals surface area contributed by atoms with E-state index in [4.69, 9.17) is 23.8 Å². The molecule has 0 spiro atoms. The predicted molar refractivity (Wildman–Crippen MR) is 230 cm³/mol. The highest BCUT2D eigenvalue weighted by Gasteiger charge is 2.19. The molecule has 0 bridgehead atoms. The van der Waals surface area contributed by atoms with Gasteiger partial charge in [0.1, 0.15) is 22.3 Å². The number of para-hydroxylation sites is 5. The van der Waals surface area contributed by atoms with Crippen molar-refractivity contribution >= 4 is 65.7 Å². The van der Waals surface area contributed by atoms with Gasteiger partial charge in [-0.1, -0.05) is 152 Å². The van der Waals surface area contributed by atoms with E-state index in [0.717, 1.165) is 99.1 Å². The van der Waals surface area contributed by atoms with Crippen LogP contribution in [0.5, 0.6) is 0 Å². The van der Waals surface area contributed by atoms with Crippen molar-refractivity contribution in [2.24, 2.45) is 0 Å². The van der Waals surface area contributed by atoms with Crippen molar-refractivity contribution in [2.75, 3.05) is 0 Å². The Kier molecular flexibility index (Phi) is 6.83. The third-order valence-electron chi connectivity index (χ3n) is 11.1. The molecule has 6 nitrogen and oxygen atoms in total. The van der Waals surface area contributed by atoms with Crippen molar-refractivity contribution in [3.8, 4) is 51.0 Å². The standard InChI is InChI=1S/C51H30N4O2/c1-2-12-32(13-3-1)49-52-50(54-51(53-49)55-43-21-7-4-14-37(43)38-15-5-8-22-44(38)55)33-26-24-31(25-27-33)35-17-10-20-42-40-29-28-34(30-46(40)57-47(35)42)36-18-11-19-41-39-16-6-9-23-45(39)56-48(36)41/h1-30H. The number of benzene rings is 8. The van der Waals surface area contributed by atoms with Crippen LogP contribution < -0.4 is 0 Å². The first-order valence-corrected chi connectivity index (χ1v) is 19.0. The van der Waals surface area contributed by atoms with Crippen LogP contribution in [0.15, 0.2) is 191 Å². The molecular formula is C51H30N4O2. The Hall–Kier alpha value is -7.83. The maximum atomic E-state index is 6.71. The number of aromatic nitrogens is 4. The van der Waals surface area contributed by atoms with Gasteiger partial charge >= 0.3 is 0 Å². The Labute approximate surface area is 325 Å². The summed E-state index contributed by atoms with van der Waals surface area (Å²) in [6.45, 7) is 0. The summed E-state index contributed by atoms with van der Waals surface area (Å²) in [5, 5.41) is 6.67. The number of fused-ring (bicyclic) bond motifs is 9. The summed E-state index contributed by atoms with van der Waals surface area (Å²) in [6, 6.07) is 62.6. The average molecular weight is 731 g/mol. The smallest absolute Gasteiger partial charge is 0.238 e. The Balaban J connectivity index is 0.961. The molecule has 0 amide bonds. The Morgan fingerprint density at radius 3 is 1.51 bits per heavy atom. The van der Waals surface area contributed by atoms with Crippen LogP contribution in [-0.2, 0) is 0 Å². The molecule has 266 valence electrons. The van der Waals surface area contributed by atoms with E-state index in [9.17, 15) is 0 Å².